The van der Waals surface area contributed by atoms with Crippen molar-refractivity contribution in [2.75, 3.05) is 5.32 Å². The van der Waals surface area contributed by atoms with Crippen LogP contribution in [-0.4, -0.2) is 22.3 Å². The number of hydrogen-bond donors (Lipinski definition) is 2. The van der Waals surface area contributed by atoms with Crippen molar-refractivity contribution in [3.8, 4) is 0 Å². The van der Waals surface area contributed by atoms with Gasteiger partial charge in [-0.25, -0.2) is 0 Å². The van der Waals surface area contributed by atoms with Crippen LogP contribution in [0.25, 0.3) is 0 Å². The molecule has 0 atom stereocenters. The fourth-order valence-electron chi connectivity index (χ4n) is 2.54. The molecule has 0 radical (unpaired) electrons. The van der Waals surface area contributed by atoms with E-state index in [1.807, 2.05) is 45.0 Å². The maximum absolute atomic E-state index is 12.7. The molecule has 2 aromatic rings. The smallest absolute Gasteiger partial charge is 0.270 e. The Balaban J connectivity index is 2.24. The molecule has 1 aromatic carbocycles. The van der Waals surface area contributed by atoms with E-state index in [0.717, 1.165) is 11.3 Å². The lowest BCUT2D eigenvalue weighted by atomic mass is 9.86. The third kappa shape index (κ3) is 5.15. The highest BCUT2D eigenvalue weighted by molar-refractivity contribution is 6.06. The molecule has 138 valence electrons. The molecule has 0 bridgehead atoms. The van der Waals surface area contributed by atoms with Gasteiger partial charge in [0.25, 0.3) is 11.8 Å². The zero-order valence-corrected chi connectivity index (χ0v) is 16.3. The Kier molecular flexibility index (Phi) is 5.50. The zero-order valence-electron chi connectivity index (χ0n) is 16.3. The van der Waals surface area contributed by atoms with E-state index in [4.69, 9.17) is 0 Å². The van der Waals surface area contributed by atoms with Crippen molar-refractivity contribution < 1.29 is 9.59 Å². The van der Waals surface area contributed by atoms with Crippen molar-refractivity contribution in [1.29, 1.82) is 0 Å². The van der Waals surface area contributed by atoms with Gasteiger partial charge >= 0.3 is 0 Å². The normalized spacial score (nSPS) is 11.8. The molecule has 0 aliphatic carbocycles. The van der Waals surface area contributed by atoms with E-state index < -0.39 is 0 Å². The number of carbonyl (C=O) groups excluding carboxylic acids is 2. The molecule has 0 saturated carbocycles. The maximum Gasteiger partial charge on any atom is 0.270 e. The third-order valence-corrected chi connectivity index (χ3v) is 3.73. The van der Waals surface area contributed by atoms with Crippen molar-refractivity contribution in [3.63, 3.8) is 0 Å². The first-order valence-electron chi connectivity index (χ1n) is 8.67. The Bertz CT molecular complexity index is 814. The minimum atomic E-state index is -0.372. The largest absolute Gasteiger partial charge is 0.346 e. The number of anilines is 1. The number of carbonyl (C=O) groups is 2. The van der Waals surface area contributed by atoms with Crippen LogP contribution < -0.4 is 10.6 Å². The first kappa shape index (κ1) is 19.6. The monoisotopic (exact) mass is 353 g/mol. The summed E-state index contributed by atoms with van der Waals surface area (Å²) in [5.41, 5.74) is 1.96. The van der Waals surface area contributed by atoms with Crippen LogP contribution in [0.4, 0.5) is 5.69 Å². The van der Waals surface area contributed by atoms with Crippen LogP contribution in [0.15, 0.2) is 42.6 Å². The molecule has 5 heteroatoms. The van der Waals surface area contributed by atoms with Gasteiger partial charge in [-0.1, -0.05) is 39.0 Å². The quantitative estimate of drug-likeness (QED) is 0.870. The van der Waals surface area contributed by atoms with E-state index in [1.165, 1.54) is 12.3 Å². The molecular weight excluding hydrogens is 326 g/mol. The number of aromatic nitrogens is 1. The second-order valence-electron chi connectivity index (χ2n) is 8.38. The molecule has 2 rings (SSSR count). The number of pyridine rings is 1. The van der Waals surface area contributed by atoms with Crippen LogP contribution in [0.3, 0.4) is 0 Å². The average Bonchev–Trinajstić information content (AvgIpc) is 2.53. The molecule has 0 fully saturated rings. The second-order valence-corrected chi connectivity index (χ2v) is 8.38. The molecule has 2 N–H and O–H groups in total. The van der Waals surface area contributed by atoms with Crippen molar-refractivity contribution in [2.45, 2.75) is 52.5 Å². The van der Waals surface area contributed by atoms with Gasteiger partial charge < -0.3 is 10.6 Å². The average molecular weight is 353 g/mol. The number of nitrogens with one attached hydrogen (secondary N) is 2. The molecule has 1 aromatic heterocycles. The lowest BCUT2D eigenvalue weighted by Gasteiger charge is -2.23. The summed E-state index contributed by atoms with van der Waals surface area (Å²) >= 11 is 0. The summed E-state index contributed by atoms with van der Waals surface area (Å²) in [6, 6.07) is 10.8. The van der Waals surface area contributed by atoms with Crippen molar-refractivity contribution >= 4 is 17.5 Å². The first-order valence-corrected chi connectivity index (χ1v) is 8.67. The van der Waals surface area contributed by atoms with Crippen LogP contribution in [0.1, 0.15) is 68.0 Å². The highest BCUT2D eigenvalue weighted by Gasteiger charge is 2.20. The summed E-state index contributed by atoms with van der Waals surface area (Å²) in [7, 11) is 0. The second kappa shape index (κ2) is 7.28. The number of rotatable bonds is 3. The molecule has 0 unspecified atom stereocenters. The van der Waals surface area contributed by atoms with Gasteiger partial charge in [0.2, 0.25) is 0 Å². The number of hydrogen-bond acceptors (Lipinski definition) is 3. The SMILES string of the molecule is CC(C)(C)NC(=O)c1cc(C(=O)Nc2ccccc2C(C)(C)C)ccn1. The molecule has 1 heterocycles. The number of benzene rings is 1. The predicted octanol–water partition coefficient (Wildman–Crippen LogP) is 4.16. The molecule has 2 amide bonds. The molecule has 0 aliphatic heterocycles. The Labute approximate surface area is 155 Å². The topological polar surface area (TPSA) is 71.1 Å². The van der Waals surface area contributed by atoms with Crippen molar-refractivity contribution in [1.82, 2.24) is 10.3 Å². The van der Waals surface area contributed by atoms with Crippen LogP contribution >= 0.6 is 0 Å². The summed E-state index contributed by atoms with van der Waals surface area (Å²) in [4.78, 5) is 29.0. The van der Waals surface area contributed by atoms with Gasteiger partial charge in [0.15, 0.2) is 0 Å². The Morgan fingerprint density at radius 3 is 2.19 bits per heavy atom. The van der Waals surface area contributed by atoms with E-state index in [2.05, 4.69) is 36.4 Å². The fraction of sp³-hybridized carbons (Fsp3) is 0.381. The van der Waals surface area contributed by atoms with Crippen molar-refractivity contribution in [3.05, 3.63) is 59.4 Å². The summed E-state index contributed by atoms with van der Waals surface area (Å²) < 4.78 is 0. The number of para-hydroxylation sites is 1. The summed E-state index contributed by atoms with van der Waals surface area (Å²) in [5, 5.41) is 5.80. The van der Waals surface area contributed by atoms with Gasteiger partial charge in [0.1, 0.15) is 5.69 Å². The third-order valence-electron chi connectivity index (χ3n) is 3.73. The minimum Gasteiger partial charge on any atom is -0.346 e. The van der Waals surface area contributed by atoms with Gasteiger partial charge in [-0.15, -0.1) is 0 Å². The fourth-order valence-corrected chi connectivity index (χ4v) is 2.54. The highest BCUT2D eigenvalue weighted by atomic mass is 16.2. The molecule has 0 aliphatic rings. The standard InChI is InChI=1S/C21H27N3O2/c1-20(2,3)15-9-7-8-10-16(15)23-18(25)14-11-12-22-17(13-14)19(26)24-21(4,5)6/h7-13H,1-6H3,(H,23,25)(H,24,26). The molecule has 0 spiro atoms. The van der Waals surface area contributed by atoms with Gasteiger partial charge in [0, 0.05) is 23.0 Å². The minimum absolute atomic E-state index is 0.0973. The maximum atomic E-state index is 12.7. The van der Waals surface area contributed by atoms with Gasteiger partial charge in [-0.3, -0.25) is 14.6 Å². The van der Waals surface area contributed by atoms with E-state index in [9.17, 15) is 9.59 Å². The van der Waals surface area contributed by atoms with Crippen LogP contribution in [0.5, 0.6) is 0 Å². The van der Waals surface area contributed by atoms with Gasteiger partial charge in [-0.05, 0) is 49.9 Å². The van der Waals surface area contributed by atoms with E-state index in [0.29, 0.717) is 5.56 Å². The summed E-state index contributed by atoms with van der Waals surface area (Å²) in [6.45, 7) is 12.0. The number of amides is 2. The molecular formula is C21H27N3O2. The van der Waals surface area contributed by atoms with Gasteiger partial charge in [-0.2, -0.15) is 0 Å². The van der Waals surface area contributed by atoms with Crippen molar-refractivity contribution in [2.24, 2.45) is 0 Å². The Hall–Kier alpha value is -2.69. The Morgan fingerprint density at radius 2 is 1.58 bits per heavy atom. The zero-order chi connectivity index (χ0) is 19.5. The van der Waals surface area contributed by atoms with Crippen LogP contribution in [0.2, 0.25) is 0 Å². The van der Waals surface area contributed by atoms with Gasteiger partial charge in [0.05, 0.1) is 0 Å². The molecule has 26 heavy (non-hydrogen) atoms. The predicted molar refractivity (Wildman–Crippen MR) is 105 cm³/mol. The lowest BCUT2D eigenvalue weighted by molar-refractivity contribution is 0.0914. The Morgan fingerprint density at radius 1 is 0.923 bits per heavy atom. The van der Waals surface area contributed by atoms with E-state index in [-0.39, 0.29) is 28.5 Å². The van der Waals surface area contributed by atoms with Crippen LogP contribution in [0, 0.1) is 0 Å². The van der Waals surface area contributed by atoms with Crippen LogP contribution in [-0.2, 0) is 5.41 Å². The lowest BCUT2D eigenvalue weighted by Crippen LogP contribution is -2.41. The van der Waals surface area contributed by atoms with E-state index in [1.54, 1.807) is 6.07 Å². The number of nitrogens with zero attached hydrogens (tertiary/aromatic N) is 1. The molecule has 0 saturated heterocycles. The first-order chi connectivity index (χ1) is 12.0. The summed E-state index contributed by atoms with van der Waals surface area (Å²) in [6.07, 6.45) is 1.47. The summed E-state index contributed by atoms with van der Waals surface area (Å²) in [5.74, 6) is -0.573. The highest BCUT2D eigenvalue weighted by Crippen LogP contribution is 2.29. The molecule has 5 nitrogen and oxygen atoms in total. The van der Waals surface area contributed by atoms with E-state index >= 15 is 0 Å².